The minimum Gasteiger partial charge on any atom is -0.453 e. The molecule has 0 atom stereocenters. The van der Waals surface area contributed by atoms with E-state index in [1.165, 1.54) is 13.2 Å². The van der Waals surface area contributed by atoms with Gasteiger partial charge in [0.25, 0.3) is 0 Å². The number of hydrogen-bond donors (Lipinski definition) is 1. The van der Waals surface area contributed by atoms with Crippen molar-refractivity contribution in [3.05, 3.63) is 12.2 Å². The second-order valence-corrected chi connectivity index (χ2v) is 3.56. The first-order valence-electron chi connectivity index (χ1n) is 4.94. The number of methoxy groups -OCH3 is 1. The van der Waals surface area contributed by atoms with Crippen LogP contribution in [0.4, 0.5) is 4.79 Å². The van der Waals surface area contributed by atoms with Gasteiger partial charge in [0, 0.05) is 13.1 Å². The standard InChI is InChI=1S/C10H16N2O3/c1-15-10(14)12-6-4-8(5-7-12)2-3-9(11)13/h2-3,8H,4-7H2,1H3,(H2,11,13). The molecule has 1 heterocycles. The van der Waals surface area contributed by atoms with E-state index in [2.05, 4.69) is 4.74 Å². The van der Waals surface area contributed by atoms with Crippen LogP contribution in [0, 0.1) is 5.92 Å². The van der Waals surface area contributed by atoms with E-state index in [1.54, 1.807) is 4.90 Å². The molecule has 2 N–H and O–H groups in total. The highest BCUT2D eigenvalue weighted by Crippen LogP contribution is 2.18. The molecule has 84 valence electrons. The van der Waals surface area contributed by atoms with E-state index in [9.17, 15) is 9.59 Å². The summed E-state index contributed by atoms with van der Waals surface area (Å²) >= 11 is 0. The molecule has 0 saturated carbocycles. The maximum Gasteiger partial charge on any atom is 0.409 e. The van der Waals surface area contributed by atoms with Gasteiger partial charge >= 0.3 is 6.09 Å². The Bertz CT molecular complexity index is 268. The summed E-state index contributed by atoms with van der Waals surface area (Å²) in [5.74, 6) is -0.0937. The summed E-state index contributed by atoms with van der Waals surface area (Å²) in [7, 11) is 1.38. The van der Waals surface area contributed by atoms with Crippen molar-refractivity contribution in [2.75, 3.05) is 20.2 Å². The zero-order valence-corrected chi connectivity index (χ0v) is 8.81. The van der Waals surface area contributed by atoms with Crippen LogP contribution >= 0.6 is 0 Å². The van der Waals surface area contributed by atoms with Gasteiger partial charge in [0.2, 0.25) is 5.91 Å². The molecule has 1 aliphatic heterocycles. The topological polar surface area (TPSA) is 72.6 Å². The fourth-order valence-corrected chi connectivity index (χ4v) is 1.63. The Morgan fingerprint density at radius 2 is 2.00 bits per heavy atom. The molecule has 5 heteroatoms. The number of piperidine rings is 1. The van der Waals surface area contributed by atoms with Crippen molar-refractivity contribution in [3.8, 4) is 0 Å². The number of amides is 2. The van der Waals surface area contributed by atoms with Crippen LogP contribution in [0.1, 0.15) is 12.8 Å². The van der Waals surface area contributed by atoms with Gasteiger partial charge < -0.3 is 15.4 Å². The zero-order valence-electron chi connectivity index (χ0n) is 8.81. The monoisotopic (exact) mass is 212 g/mol. The highest BCUT2D eigenvalue weighted by atomic mass is 16.5. The fraction of sp³-hybridized carbons (Fsp3) is 0.600. The Balaban J connectivity index is 2.36. The molecular weight excluding hydrogens is 196 g/mol. The molecule has 5 nitrogen and oxygen atoms in total. The van der Waals surface area contributed by atoms with Crippen LogP contribution in [0.25, 0.3) is 0 Å². The molecular formula is C10H16N2O3. The van der Waals surface area contributed by atoms with Crippen LogP contribution in [-0.4, -0.2) is 37.1 Å². The van der Waals surface area contributed by atoms with E-state index in [-0.39, 0.29) is 6.09 Å². The SMILES string of the molecule is COC(=O)N1CCC(C=CC(N)=O)CC1. The second kappa shape index (κ2) is 5.38. The molecule has 0 aromatic rings. The Morgan fingerprint density at radius 1 is 1.40 bits per heavy atom. The number of hydrogen-bond acceptors (Lipinski definition) is 3. The van der Waals surface area contributed by atoms with Crippen LogP contribution in [0.2, 0.25) is 0 Å². The Kier molecular flexibility index (Phi) is 4.15. The molecule has 0 aromatic carbocycles. The van der Waals surface area contributed by atoms with Gasteiger partial charge in [-0.05, 0) is 24.8 Å². The number of allylic oxidation sites excluding steroid dienone is 1. The minimum atomic E-state index is -0.426. The lowest BCUT2D eigenvalue weighted by Crippen LogP contribution is -2.38. The van der Waals surface area contributed by atoms with Crippen LogP contribution < -0.4 is 5.73 Å². The molecule has 0 spiro atoms. The first-order valence-corrected chi connectivity index (χ1v) is 4.94. The van der Waals surface area contributed by atoms with Crippen molar-refractivity contribution in [1.82, 2.24) is 4.90 Å². The third-order valence-corrected chi connectivity index (χ3v) is 2.51. The second-order valence-electron chi connectivity index (χ2n) is 3.56. The third kappa shape index (κ3) is 3.61. The molecule has 0 unspecified atom stereocenters. The maximum atomic E-state index is 11.2. The summed E-state index contributed by atoms with van der Waals surface area (Å²) in [5.41, 5.74) is 5.00. The predicted molar refractivity (Wildman–Crippen MR) is 55.0 cm³/mol. The van der Waals surface area contributed by atoms with Gasteiger partial charge in [-0.15, -0.1) is 0 Å². The highest BCUT2D eigenvalue weighted by Gasteiger charge is 2.21. The molecule has 0 aliphatic carbocycles. The van der Waals surface area contributed by atoms with E-state index in [1.807, 2.05) is 6.08 Å². The van der Waals surface area contributed by atoms with Crippen LogP contribution in [0.5, 0.6) is 0 Å². The van der Waals surface area contributed by atoms with Crippen molar-refractivity contribution in [2.24, 2.45) is 11.7 Å². The summed E-state index contributed by atoms with van der Waals surface area (Å²) in [6, 6.07) is 0. The van der Waals surface area contributed by atoms with Gasteiger partial charge in [-0.2, -0.15) is 0 Å². The van der Waals surface area contributed by atoms with E-state index >= 15 is 0 Å². The van der Waals surface area contributed by atoms with E-state index < -0.39 is 5.91 Å². The third-order valence-electron chi connectivity index (χ3n) is 2.51. The first-order chi connectivity index (χ1) is 7.13. The average molecular weight is 212 g/mol. The molecule has 2 amide bonds. The Morgan fingerprint density at radius 3 is 2.47 bits per heavy atom. The van der Waals surface area contributed by atoms with Crippen LogP contribution in [-0.2, 0) is 9.53 Å². The number of carbonyl (C=O) groups excluding carboxylic acids is 2. The molecule has 0 bridgehead atoms. The lowest BCUT2D eigenvalue weighted by Gasteiger charge is -2.29. The Labute approximate surface area is 88.9 Å². The summed E-state index contributed by atoms with van der Waals surface area (Å²) < 4.78 is 4.62. The van der Waals surface area contributed by atoms with Crippen LogP contribution in [0.3, 0.4) is 0 Å². The summed E-state index contributed by atoms with van der Waals surface area (Å²) in [6.07, 6.45) is 4.61. The number of ether oxygens (including phenoxy) is 1. The smallest absolute Gasteiger partial charge is 0.409 e. The van der Waals surface area contributed by atoms with Gasteiger partial charge in [0.15, 0.2) is 0 Å². The van der Waals surface area contributed by atoms with Crippen molar-refractivity contribution >= 4 is 12.0 Å². The molecule has 15 heavy (non-hydrogen) atoms. The molecule has 1 saturated heterocycles. The van der Waals surface area contributed by atoms with Crippen molar-refractivity contribution in [2.45, 2.75) is 12.8 Å². The average Bonchev–Trinajstić information content (AvgIpc) is 2.26. The van der Waals surface area contributed by atoms with Crippen molar-refractivity contribution < 1.29 is 14.3 Å². The first kappa shape index (κ1) is 11.6. The van der Waals surface area contributed by atoms with E-state index in [4.69, 9.17) is 5.73 Å². The summed E-state index contributed by atoms with van der Waals surface area (Å²) in [6.45, 7) is 1.33. The molecule has 1 rings (SSSR count). The maximum absolute atomic E-state index is 11.2. The summed E-state index contributed by atoms with van der Waals surface area (Å²) in [4.78, 5) is 23.3. The van der Waals surface area contributed by atoms with Crippen LogP contribution in [0.15, 0.2) is 12.2 Å². The normalized spacial score (nSPS) is 18.1. The van der Waals surface area contributed by atoms with Gasteiger partial charge in [-0.1, -0.05) is 6.08 Å². The Hall–Kier alpha value is -1.52. The zero-order chi connectivity index (χ0) is 11.3. The number of nitrogens with two attached hydrogens (primary N) is 1. The van der Waals surface area contributed by atoms with E-state index in [0.717, 1.165) is 12.8 Å². The van der Waals surface area contributed by atoms with Gasteiger partial charge in [0.05, 0.1) is 7.11 Å². The number of rotatable bonds is 2. The lowest BCUT2D eigenvalue weighted by atomic mass is 9.96. The number of carbonyl (C=O) groups is 2. The molecule has 0 radical (unpaired) electrons. The van der Waals surface area contributed by atoms with Gasteiger partial charge in [-0.3, -0.25) is 4.79 Å². The summed E-state index contributed by atoms with van der Waals surface area (Å²) in [5, 5.41) is 0. The molecule has 0 aromatic heterocycles. The molecule has 1 fully saturated rings. The quantitative estimate of drug-likeness (QED) is 0.678. The largest absolute Gasteiger partial charge is 0.453 e. The van der Waals surface area contributed by atoms with Gasteiger partial charge in [-0.25, -0.2) is 4.79 Å². The highest BCUT2D eigenvalue weighted by molar-refractivity contribution is 5.85. The number of nitrogens with zero attached hydrogens (tertiary/aromatic N) is 1. The van der Waals surface area contributed by atoms with Crippen molar-refractivity contribution in [1.29, 1.82) is 0 Å². The predicted octanol–water partition coefficient (Wildman–Crippen LogP) is 0.506. The number of likely N-dealkylation sites (tertiary alicyclic amines) is 1. The van der Waals surface area contributed by atoms with Gasteiger partial charge in [0.1, 0.15) is 0 Å². The lowest BCUT2D eigenvalue weighted by molar-refractivity contribution is -0.113. The fourth-order valence-electron chi connectivity index (χ4n) is 1.63. The number of primary amides is 1. The van der Waals surface area contributed by atoms with Crippen molar-refractivity contribution in [3.63, 3.8) is 0 Å². The molecule has 1 aliphatic rings. The minimum absolute atomic E-state index is 0.285. The van der Waals surface area contributed by atoms with E-state index in [0.29, 0.717) is 19.0 Å².